The fraction of sp³-hybridized carbons (Fsp3) is 1.00. The van der Waals surface area contributed by atoms with E-state index in [0.717, 1.165) is 12.5 Å². The molecule has 0 amide bonds. The van der Waals surface area contributed by atoms with Gasteiger partial charge in [-0.3, -0.25) is 0 Å². The van der Waals surface area contributed by atoms with Gasteiger partial charge < -0.3 is 5.32 Å². The van der Waals surface area contributed by atoms with Crippen molar-refractivity contribution in [1.29, 1.82) is 0 Å². The molecule has 2 rings (SSSR count). The molecule has 0 aromatic heterocycles. The zero-order valence-electron chi connectivity index (χ0n) is 11.3. The van der Waals surface area contributed by atoms with Gasteiger partial charge in [0.1, 0.15) is 0 Å². The van der Waals surface area contributed by atoms with Crippen LogP contribution in [0.2, 0.25) is 0 Å². The Hall–Kier alpha value is -0.0900. The maximum atomic E-state index is 11.9. The van der Waals surface area contributed by atoms with Crippen molar-refractivity contribution in [1.82, 2.24) is 5.32 Å². The van der Waals surface area contributed by atoms with E-state index in [4.69, 9.17) is 0 Å². The first-order valence-electron chi connectivity index (χ1n) is 6.70. The van der Waals surface area contributed by atoms with Crippen LogP contribution in [-0.2, 0) is 9.84 Å². The molecule has 100 valence electrons. The summed E-state index contributed by atoms with van der Waals surface area (Å²) in [5.74, 6) is 1.20. The molecule has 0 saturated heterocycles. The monoisotopic (exact) mass is 259 g/mol. The number of hydrogen-bond acceptors (Lipinski definition) is 3. The largest absolute Gasteiger partial charge is 0.315 e. The Morgan fingerprint density at radius 3 is 2.24 bits per heavy atom. The highest BCUT2D eigenvalue weighted by Gasteiger charge is 2.53. The van der Waals surface area contributed by atoms with E-state index in [0.29, 0.717) is 12.0 Å². The predicted octanol–water partition coefficient (Wildman–Crippen LogP) is 1.98. The molecule has 0 aromatic carbocycles. The Morgan fingerprint density at radius 1 is 1.24 bits per heavy atom. The minimum Gasteiger partial charge on any atom is -0.315 e. The second-order valence-electron chi connectivity index (χ2n) is 6.74. The van der Waals surface area contributed by atoms with Crippen molar-refractivity contribution in [2.75, 3.05) is 18.8 Å². The predicted molar refractivity (Wildman–Crippen MR) is 70.8 cm³/mol. The summed E-state index contributed by atoms with van der Waals surface area (Å²) in [4.78, 5) is 0. The lowest BCUT2D eigenvalue weighted by molar-refractivity contribution is 0.409. The topological polar surface area (TPSA) is 46.2 Å². The fourth-order valence-corrected chi connectivity index (χ4v) is 3.46. The van der Waals surface area contributed by atoms with Gasteiger partial charge in [-0.15, -0.1) is 0 Å². The zero-order valence-corrected chi connectivity index (χ0v) is 12.1. The van der Waals surface area contributed by atoms with Crippen molar-refractivity contribution < 1.29 is 8.42 Å². The van der Waals surface area contributed by atoms with Crippen LogP contribution >= 0.6 is 0 Å². The molecule has 0 aromatic rings. The van der Waals surface area contributed by atoms with Crippen LogP contribution in [0, 0.1) is 11.3 Å². The molecule has 0 bridgehead atoms. The molecule has 0 radical (unpaired) electrons. The first-order valence-corrected chi connectivity index (χ1v) is 8.35. The fourth-order valence-electron chi connectivity index (χ4n) is 2.44. The third-order valence-corrected chi connectivity index (χ3v) is 6.90. The van der Waals surface area contributed by atoms with Gasteiger partial charge in [0.25, 0.3) is 0 Å². The van der Waals surface area contributed by atoms with E-state index in [2.05, 4.69) is 5.32 Å². The quantitative estimate of drug-likeness (QED) is 0.742. The molecule has 3 nitrogen and oxygen atoms in total. The molecule has 1 N–H and O–H groups in total. The Bertz CT molecular complexity index is 373. The molecule has 0 heterocycles. The lowest BCUT2D eigenvalue weighted by Crippen LogP contribution is -2.36. The summed E-state index contributed by atoms with van der Waals surface area (Å²) in [6.45, 7) is 6.95. The van der Waals surface area contributed by atoms with Crippen molar-refractivity contribution in [3.8, 4) is 0 Å². The highest BCUT2D eigenvalue weighted by atomic mass is 32.2. The van der Waals surface area contributed by atoms with E-state index in [1.54, 1.807) is 20.8 Å². The summed E-state index contributed by atoms with van der Waals surface area (Å²) in [7, 11) is -2.96. The van der Waals surface area contributed by atoms with Gasteiger partial charge in [0.15, 0.2) is 9.84 Å². The molecule has 17 heavy (non-hydrogen) atoms. The summed E-state index contributed by atoms with van der Waals surface area (Å²) < 4.78 is 23.2. The summed E-state index contributed by atoms with van der Waals surface area (Å²) in [5.41, 5.74) is 0.561. The van der Waals surface area contributed by atoms with Crippen LogP contribution in [0.5, 0.6) is 0 Å². The van der Waals surface area contributed by atoms with Crippen LogP contribution < -0.4 is 5.32 Å². The van der Waals surface area contributed by atoms with Gasteiger partial charge in [0.2, 0.25) is 0 Å². The second-order valence-corrected chi connectivity index (χ2v) is 9.61. The highest BCUT2D eigenvalue weighted by molar-refractivity contribution is 7.92. The smallest absolute Gasteiger partial charge is 0.156 e. The van der Waals surface area contributed by atoms with Gasteiger partial charge in [0.05, 0.1) is 10.5 Å². The minimum atomic E-state index is -2.96. The number of nitrogens with one attached hydrogen (secondary N) is 1. The summed E-state index contributed by atoms with van der Waals surface area (Å²) >= 11 is 0. The van der Waals surface area contributed by atoms with Gasteiger partial charge in [-0.05, 0) is 57.8 Å². The summed E-state index contributed by atoms with van der Waals surface area (Å²) in [5, 5.41) is 3.36. The third kappa shape index (κ3) is 3.02. The van der Waals surface area contributed by atoms with Gasteiger partial charge in [-0.1, -0.05) is 0 Å². The molecule has 0 atom stereocenters. The Labute approximate surface area is 105 Å². The van der Waals surface area contributed by atoms with Crippen LogP contribution in [0.15, 0.2) is 0 Å². The van der Waals surface area contributed by atoms with E-state index in [1.165, 1.54) is 25.7 Å². The third-order valence-electron chi connectivity index (χ3n) is 4.29. The Morgan fingerprint density at radius 2 is 1.82 bits per heavy atom. The van der Waals surface area contributed by atoms with Crippen LogP contribution in [0.4, 0.5) is 0 Å². The normalized spacial score (nSPS) is 23.7. The van der Waals surface area contributed by atoms with Crippen molar-refractivity contribution in [3.05, 3.63) is 0 Å². The van der Waals surface area contributed by atoms with Gasteiger partial charge in [-0.2, -0.15) is 0 Å². The maximum Gasteiger partial charge on any atom is 0.156 e. The molecular formula is C13H25NO2S. The molecule has 0 spiro atoms. The van der Waals surface area contributed by atoms with Crippen molar-refractivity contribution >= 4 is 9.84 Å². The maximum absolute atomic E-state index is 11.9. The average molecular weight is 259 g/mol. The summed E-state index contributed by atoms with van der Waals surface area (Å²) in [6, 6.07) is 0. The Balaban J connectivity index is 1.70. The van der Waals surface area contributed by atoms with E-state index in [9.17, 15) is 8.42 Å². The molecular weight excluding hydrogens is 234 g/mol. The zero-order chi connectivity index (χ0) is 12.7. The first kappa shape index (κ1) is 13.3. The van der Waals surface area contributed by atoms with Gasteiger partial charge in [-0.25, -0.2) is 8.42 Å². The van der Waals surface area contributed by atoms with E-state index >= 15 is 0 Å². The molecule has 2 aliphatic rings. The van der Waals surface area contributed by atoms with Crippen LogP contribution in [-0.4, -0.2) is 32.0 Å². The van der Waals surface area contributed by atoms with Crippen LogP contribution in [0.3, 0.4) is 0 Å². The molecule has 2 saturated carbocycles. The van der Waals surface area contributed by atoms with E-state index in [1.807, 2.05) is 0 Å². The van der Waals surface area contributed by atoms with Crippen molar-refractivity contribution in [2.24, 2.45) is 11.3 Å². The number of hydrogen-bond donors (Lipinski definition) is 1. The molecule has 0 unspecified atom stereocenters. The van der Waals surface area contributed by atoms with Crippen molar-refractivity contribution in [2.45, 2.75) is 51.2 Å². The lowest BCUT2D eigenvalue weighted by atomic mass is 10.0. The molecule has 0 aliphatic heterocycles. The van der Waals surface area contributed by atoms with Gasteiger partial charge in [0, 0.05) is 13.1 Å². The molecule has 2 aliphatic carbocycles. The van der Waals surface area contributed by atoms with Gasteiger partial charge >= 0.3 is 0 Å². The Kier molecular flexibility index (Phi) is 3.32. The average Bonchev–Trinajstić information content (AvgIpc) is 3.01. The lowest BCUT2D eigenvalue weighted by Gasteiger charge is -2.20. The summed E-state index contributed by atoms with van der Waals surface area (Å²) in [6.07, 6.45) is 5.47. The molecule has 4 heteroatoms. The van der Waals surface area contributed by atoms with Crippen LogP contribution in [0.25, 0.3) is 0 Å². The second kappa shape index (κ2) is 4.23. The standard InChI is InChI=1S/C13H25NO2S/c1-12(2,3)17(15,16)9-8-14-10-13(6-7-13)11-4-5-11/h11,14H,4-10H2,1-3H3. The number of rotatable bonds is 6. The molecule has 2 fully saturated rings. The SMILES string of the molecule is CC(C)(C)S(=O)(=O)CCNCC1(C2CC2)CC1. The highest BCUT2D eigenvalue weighted by Crippen LogP contribution is 2.60. The first-order chi connectivity index (χ1) is 7.77. The minimum absolute atomic E-state index is 0.261. The van der Waals surface area contributed by atoms with Crippen LogP contribution in [0.1, 0.15) is 46.5 Å². The van der Waals surface area contributed by atoms with E-state index in [-0.39, 0.29) is 5.75 Å². The van der Waals surface area contributed by atoms with E-state index < -0.39 is 14.6 Å². The number of sulfone groups is 1. The van der Waals surface area contributed by atoms with Crippen molar-refractivity contribution in [3.63, 3.8) is 0 Å².